The Kier molecular flexibility index (Phi) is 2.38. The number of nitrogens with one attached hydrogen (secondary N) is 1. The summed E-state index contributed by atoms with van der Waals surface area (Å²) in [6.07, 6.45) is 0.0768. The molecule has 1 N–H and O–H groups in total. The topological polar surface area (TPSA) is 21.3 Å². The molecule has 2 nitrogen and oxygen atoms in total. The molecule has 0 amide bonds. The maximum Gasteiger partial charge on any atom is 0.165 e. The van der Waals surface area contributed by atoms with E-state index in [2.05, 4.69) is 5.32 Å². The first-order chi connectivity index (χ1) is 6.25. The predicted octanol–water partition coefficient (Wildman–Crippen LogP) is 1.83. The quantitative estimate of drug-likeness (QED) is 0.789. The van der Waals surface area contributed by atoms with E-state index in [0.717, 1.165) is 13.1 Å². The summed E-state index contributed by atoms with van der Waals surface area (Å²) in [6, 6.07) is 4.31. The molecule has 0 spiro atoms. The van der Waals surface area contributed by atoms with Crippen molar-refractivity contribution in [2.24, 2.45) is 0 Å². The van der Waals surface area contributed by atoms with E-state index < -0.39 is 0 Å². The van der Waals surface area contributed by atoms with Gasteiger partial charge < -0.3 is 10.1 Å². The maximum absolute atomic E-state index is 13.1. The molecule has 1 saturated heterocycles. The first-order valence-electron chi connectivity index (χ1n) is 4.08. The normalized spacial score (nSPS) is 16.8. The van der Waals surface area contributed by atoms with E-state index in [9.17, 15) is 4.39 Å². The Morgan fingerprint density at radius 3 is 2.85 bits per heavy atom. The summed E-state index contributed by atoms with van der Waals surface area (Å²) < 4.78 is 18.4. The number of hydrogen-bond acceptors (Lipinski definition) is 2. The number of rotatable bonds is 2. The molecular weight excluding hydrogens is 193 g/mol. The summed E-state index contributed by atoms with van der Waals surface area (Å²) in [6.45, 7) is 1.54. The van der Waals surface area contributed by atoms with Crippen LogP contribution in [0, 0.1) is 5.82 Å². The molecule has 1 aromatic carbocycles. The van der Waals surface area contributed by atoms with Gasteiger partial charge in [0.15, 0.2) is 11.6 Å². The summed E-state index contributed by atoms with van der Waals surface area (Å²) in [5.74, 6) is -0.129. The van der Waals surface area contributed by atoms with E-state index in [1.54, 1.807) is 0 Å². The fourth-order valence-electron chi connectivity index (χ4n) is 1.09. The Morgan fingerprint density at radius 1 is 1.46 bits per heavy atom. The summed E-state index contributed by atoms with van der Waals surface area (Å²) in [7, 11) is 0. The second-order valence-electron chi connectivity index (χ2n) is 2.97. The van der Waals surface area contributed by atoms with E-state index >= 15 is 0 Å². The van der Waals surface area contributed by atoms with Crippen molar-refractivity contribution in [3.05, 3.63) is 29.0 Å². The molecule has 1 aromatic rings. The second kappa shape index (κ2) is 3.52. The molecule has 0 atom stereocenters. The van der Waals surface area contributed by atoms with Crippen LogP contribution in [0.15, 0.2) is 18.2 Å². The van der Waals surface area contributed by atoms with Gasteiger partial charge >= 0.3 is 0 Å². The number of hydrogen-bond donors (Lipinski definition) is 1. The van der Waals surface area contributed by atoms with Crippen LogP contribution in [0.1, 0.15) is 0 Å². The van der Waals surface area contributed by atoms with Crippen molar-refractivity contribution in [1.29, 1.82) is 0 Å². The van der Waals surface area contributed by atoms with Gasteiger partial charge in [-0.3, -0.25) is 0 Å². The predicted molar refractivity (Wildman–Crippen MR) is 48.7 cm³/mol. The molecule has 0 aliphatic carbocycles. The fraction of sp³-hybridized carbons (Fsp3) is 0.333. The fourth-order valence-corrected chi connectivity index (χ4v) is 1.25. The molecule has 0 aromatic heterocycles. The Labute approximate surface area is 80.7 Å². The average molecular weight is 202 g/mol. The van der Waals surface area contributed by atoms with Gasteiger partial charge in [0.1, 0.15) is 6.10 Å². The molecule has 2 rings (SSSR count). The van der Waals surface area contributed by atoms with Crippen LogP contribution >= 0.6 is 11.6 Å². The molecule has 1 aliphatic rings. The molecule has 13 heavy (non-hydrogen) atoms. The third kappa shape index (κ3) is 1.92. The van der Waals surface area contributed by atoms with Crippen LogP contribution in [0.3, 0.4) is 0 Å². The van der Waals surface area contributed by atoms with Gasteiger partial charge in [-0.25, -0.2) is 4.39 Å². The first-order valence-corrected chi connectivity index (χ1v) is 4.46. The number of benzene rings is 1. The van der Waals surface area contributed by atoms with Crippen molar-refractivity contribution < 1.29 is 9.13 Å². The lowest BCUT2D eigenvalue weighted by Crippen LogP contribution is -2.50. The van der Waals surface area contributed by atoms with Gasteiger partial charge in [0.2, 0.25) is 0 Å². The van der Waals surface area contributed by atoms with Crippen molar-refractivity contribution >= 4 is 11.6 Å². The van der Waals surface area contributed by atoms with Gasteiger partial charge in [-0.05, 0) is 12.1 Å². The monoisotopic (exact) mass is 201 g/mol. The average Bonchev–Trinajstić information content (AvgIpc) is 2.03. The van der Waals surface area contributed by atoms with E-state index in [4.69, 9.17) is 16.3 Å². The molecule has 1 heterocycles. The number of halogens is 2. The van der Waals surface area contributed by atoms with Gasteiger partial charge in [0.25, 0.3) is 0 Å². The van der Waals surface area contributed by atoms with Crippen molar-refractivity contribution in [2.75, 3.05) is 13.1 Å². The summed E-state index contributed by atoms with van der Waals surface area (Å²) >= 11 is 5.70. The van der Waals surface area contributed by atoms with Gasteiger partial charge in [-0.1, -0.05) is 11.6 Å². The van der Waals surface area contributed by atoms with Crippen LogP contribution in [0.25, 0.3) is 0 Å². The van der Waals surface area contributed by atoms with Crippen molar-refractivity contribution in [3.63, 3.8) is 0 Å². The zero-order valence-corrected chi connectivity index (χ0v) is 7.64. The molecule has 0 radical (unpaired) electrons. The summed E-state index contributed by atoms with van der Waals surface area (Å²) in [5.41, 5.74) is 0. The Balaban J connectivity index is 2.13. The highest BCUT2D eigenvalue weighted by Crippen LogP contribution is 2.23. The van der Waals surface area contributed by atoms with Crippen LogP contribution in [0.5, 0.6) is 5.75 Å². The molecule has 1 aliphatic heterocycles. The molecule has 1 fully saturated rings. The minimum atomic E-state index is -0.365. The van der Waals surface area contributed by atoms with Crippen LogP contribution in [-0.2, 0) is 0 Å². The van der Waals surface area contributed by atoms with Crippen LogP contribution in [-0.4, -0.2) is 19.2 Å². The minimum Gasteiger partial charge on any atom is -0.485 e. The van der Waals surface area contributed by atoms with Crippen molar-refractivity contribution in [1.82, 2.24) is 5.32 Å². The lowest BCUT2D eigenvalue weighted by atomic mass is 10.2. The van der Waals surface area contributed by atoms with Crippen LogP contribution in [0.2, 0.25) is 5.02 Å². The van der Waals surface area contributed by atoms with Gasteiger partial charge in [-0.2, -0.15) is 0 Å². The van der Waals surface area contributed by atoms with Gasteiger partial charge in [0, 0.05) is 24.2 Å². The summed E-state index contributed by atoms with van der Waals surface area (Å²) in [5, 5.41) is 3.52. The summed E-state index contributed by atoms with van der Waals surface area (Å²) in [4.78, 5) is 0. The molecule has 0 bridgehead atoms. The third-order valence-electron chi connectivity index (χ3n) is 1.93. The molecule has 0 unspecified atom stereocenters. The maximum atomic E-state index is 13.1. The van der Waals surface area contributed by atoms with E-state index in [1.165, 1.54) is 18.2 Å². The Morgan fingerprint density at radius 2 is 2.23 bits per heavy atom. The molecule has 70 valence electrons. The highest BCUT2D eigenvalue weighted by molar-refractivity contribution is 6.30. The van der Waals surface area contributed by atoms with E-state index in [-0.39, 0.29) is 17.7 Å². The molecule has 4 heteroatoms. The Bertz CT molecular complexity index is 314. The largest absolute Gasteiger partial charge is 0.485 e. The zero-order valence-electron chi connectivity index (χ0n) is 6.89. The second-order valence-corrected chi connectivity index (χ2v) is 3.41. The smallest absolute Gasteiger partial charge is 0.165 e. The lowest BCUT2D eigenvalue weighted by Gasteiger charge is -2.27. The van der Waals surface area contributed by atoms with Crippen molar-refractivity contribution in [2.45, 2.75) is 6.10 Å². The lowest BCUT2D eigenvalue weighted by molar-refractivity contribution is 0.136. The standard InChI is InChI=1S/C9H9ClFNO/c10-6-1-2-8(11)9(3-6)13-7-4-12-5-7/h1-3,7,12H,4-5H2. The highest BCUT2D eigenvalue weighted by Gasteiger charge is 2.19. The van der Waals surface area contributed by atoms with Gasteiger partial charge in [-0.15, -0.1) is 0 Å². The zero-order chi connectivity index (χ0) is 9.26. The van der Waals surface area contributed by atoms with E-state index in [1.807, 2.05) is 0 Å². The third-order valence-corrected chi connectivity index (χ3v) is 2.17. The SMILES string of the molecule is Fc1ccc(Cl)cc1OC1CNC1. The van der Waals surface area contributed by atoms with Gasteiger partial charge in [0.05, 0.1) is 0 Å². The number of ether oxygens (including phenoxy) is 1. The van der Waals surface area contributed by atoms with E-state index in [0.29, 0.717) is 5.02 Å². The molecule has 0 saturated carbocycles. The molecular formula is C9H9ClFNO. The van der Waals surface area contributed by atoms with Crippen LogP contribution < -0.4 is 10.1 Å². The van der Waals surface area contributed by atoms with Crippen molar-refractivity contribution in [3.8, 4) is 5.75 Å². The first kappa shape index (κ1) is 8.78. The van der Waals surface area contributed by atoms with Crippen LogP contribution in [0.4, 0.5) is 4.39 Å². The minimum absolute atomic E-state index is 0.0768. The highest BCUT2D eigenvalue weighted by atomic mass is 35.5. The Hall–Kier alpha value is -0.800.